The molecule has 0 amide bonds. The molecule has 6 heteroatoms. The fourth-order valence-electron chi connectivity index (χ4n) is 7.54. The minimum Gasteiger partial charge on any atom is -0.423 e. The van der Waals surface area contributed by atoms with Gasteiger partial charge in [0.15, 0.2) is 0 Å². The quantitative estimate of drug-likeness (QED) is 0.177. The molecule has 4 aromatic carbocycles. The Morgan fingerprint density at radius 3 is 1.28 bits per heavy atom. The maximum Gasteiger partial charge on any atom is 0.488 e. The summed E-state index contributed by atoms with van der Waals surface area (Å²) in [7, 11) is -1.35. The van der Waals surface area contributed by atoms with E-state index in [-0.39, 0.29) is 0 Å². The third kappa shape index (κ3) is 12.3. The number of nitriles is 2. The zero-order valence-electron chi connectivity index (χ0n) is 29.8. The van der Waals surface area contributed by atoms with E-state index < -0.39 is 7.12 Å². The Balaban J connectivity index is 0.000000184. The van der Waals surface area contributed by atoms with E-state index in [4.69, 9.17) is 20.6 Å². The summed E-state index contributed by atoms with van der Waals surface area (Å²) in [6.07, 6.45) is 16.2. The molecular weight excluding hydrogens is 679 g/mol. The Kier molecular flexibility index (Phi) is 16.3. The number of halogens is 1. The van der Waals surface area contributed by atoms with Gasteiger partial charge in [-0.1, -0.05) is 116 Å². The largest absolute Gasteiger partial charge is 0.488 e. The lowest BCUT2D eigenvalue weighted by Gasteiger charge is -2.28. The van der Waals surface area contributed by atoms with Crippen LogP contribution in [0.25, 0.3) is 11.1 Å². The number of rotatable bonds is 8. The SMILES string of the molecule is CCCC1CCC(c2ccc(-c3ccc(C#N)cc3)cc2)CC1.CCCC1CCC(c2ccc(B(O)O)cc2)CC1.N#Cc1ccc(Br)cc1. The van der Waals surface area contributed by atoms with Crippen LogP contribution in [-0.4, -0.2) is 17.2 Å². The van der Waals surface area contributed by atoms with Crippen molar-refractivity contribution in [1.82, 2.24) is 0 Å². The maximum absolute atomic E-state index is 9.07. The van der Waals surface area contributed by atoms with Gasteiger partial charge in [-0.25, -0.2) is 0 Å². The minimum atomic E-state index is -1.35. The summed E-state index contributed by atoms with van der Waals surface area (Å²) >= 11 is 3.27. The third-order valence-electron chi connectivity index (χ3n) is 10.5. The van der Waals surface area contributed by atoms with Crippen molar-refractivity contribution in [1.29, 1.82) is 10.5 Å². The summed E-state index contributed by atoms with van der Waals surface area (Å²) in [6, 6.07) is 36.1. The van der Waals surface area contributed by atoms with Crippen LogP contribution in [0.2, 0.25) is 0 Å². The molecule has 0 radical (unpaired) electrons. The molecule has 2 saturated carbocycles. The number of hydrogen-bond donors (Lipinski definition) is 2. The van der Waals surface area contributed by atoms with Gasteiger partial charge >= 0.3 is 7.12 Å². The molecule has 2 aliphatic carbocycles. The van der Waals surface area contributed by atoms with E-state index in [0.717, 1.165) is 22.2 Å². The van der Waals surface area contributed by atoms with Crippen molar-refractivity contribution in [2.45, 2.75) is 103 Å². The van der Waals surface area contributed by atoms with Gasteiger partial charge in [0.2, 0.25) is 0 Å². The Hall–Kier alpha value is -3.68. The molecular formula is C44H52BBrN2O2. The van der Waals surface area contributed by atoms with Crippen molar-refractivity contribution in [3.8, 4) is 23.3 Å². The molecule has 260 valence electrons. The first-order valence-corrected chi connectivity index (χ1v) is 19.3. The monoisotopic (exact) mass is 730 g/mol. The fourth-order valence-corrected chi connectivity index (χ4v) is 7.80. The molecule has 50 heavy (non-hydrogen) atoms. The Morgan fingerprint density at radius 2 is 0.920 bits per heavy atom. The van der Waals surface area contributed by atoms with Crippen LogP contribution in [0.4, 0.5) is 0 Å². The Morgan fingerprint density at radius 1 is 0.560 bits per heavy atom. The fraction of sp³-hybridized carbons (Fsp3) is 0.409. The van der Waals surface area contributed by atoms with Gasteiger partial charge in [0.25, 0.3) is 0 Å². The van der Waals surface area contributed by atoms with E-state index >= 15 is 0 Å². The van der Waals surface area contributed by atoms with Crippen LogP contribution in [0.5, 0.6) is 0 Å². The van der Waals surface area contributed by atoms with Crippen LogP contribution >= 0.6 is 15.9 Å². The molecule has 0 unspecified atom stereocenters. The number of benzene rings is 4. The second-order valence-corrected chi connectivity index (χ2v) is 14.9. The average Bonchev–Trinajstić information content (AvgIpc) is 3.17. The van der Waals surface area contributed by atoms with Crippen LogP contribution in [0.3, 0.4) is 0 Å². The van der Waals surface area contributed by atoms with E-state index in [1.54, 1.807) is 12.1 Å². The highest BCUT2D eigenvalue weighted by Gasteiger charge is 2.23. The van der Waals surface area contributed by atoms with Crippen molar-refractivity contribution < 1.29 is 10.0 Å². The standard InChI is InChI=1S/C22H25N.C15H23BO2.C7H4BrN/c1-2-3-17-4-8-19(9-5-17)21-12-14-22(15-13-21)20-10-6-18(16-23)7-11-20;1-2-3-12-4-6-13(7-5-12)14-8-10-15(11-9-14)16(17)18;8-7-3-1-6(5-9)2-4-7/h6-7,10-15,17,19H,2-5,8-9H2,1H3;8-13,17-18H,2-7H2,1H3;1-4H. The normalized spacial score (nSPS) is 19.7. The maximum atomic E-state index is 9.07. The molecule has 6 rings (SSSR count). The van der Waals surface area contributed by atoms with Crippen LogP contribution in [0, 0.1) is 34.5 Å². The smallest absolute Gasteiger partial charge is 0.423 e. The van der Waals surface area contributed by atoms with Gasteiger partial charge < -0.3 is 10.0 Å². The van der Waals surface area contributed by atoms with Crippen molar-refractivity contribution in [3.05, 3.63) is 124 Å². The number of hydrogen-bond acceptors (Lipinski definition) is 4. The second-order valence-electron chi connectivity index (χ2n) is 14.0. The van der Waals surface area contributed by atoms with Crippen molar-refractivity contribution in [3.63, 3.8) is 0 Å². The molecule has 0 bridgehead atoms. The molecule has 0 aromatic heterocycles. The Bertz CT molecular complexity index is 1630. The van der Waals surface area contributed by atoms with Gasteiger partial charge in [-0.15, -0.1) is 0 Å². The minimum absolute atomic E-state index is 0.582. The first kappa shape index (κ1) is 39.1. The van der Waals surface area contributed by atoms with Gasteiger partial charge in [-0.05, 0) is 139 Å². The summed E-state index contributed by atoms with van der Waals surface area (Å²) in [5, 5.41) is 35.4. The molecule has 2 aliphatic rings. The highest BCUT2D eigenvalue weighted by molar-refractivity contribution is 9.10. The van der Waals surface area contributed by atoms with Crippen molar-refractivity contribution in [2.75, 3.05) is 0 Å². The average molecular weight is 732 g/mol. The zero-order valence-corrected chi connectivity index (χ0v) is 31.4. The number of nitrogens with zero attached hydrogens (tertiary/aromatic N) is 2. The molecule has 2 N–H and O–H groups in total. The molecule has 4 nitrogen and oxygen atoms in total. The summed E-state index contributed by atoms with van der Waals surface area (Å²) in [5.74, 6) is 3.32. The first-order valence-electron chi connectivity index (χ1n) is 18.6. The van der Waals surface area contributed by atoms with Gasteiger partial charge in [0.05, 0.1) is 23.3 Å². The molecule has 0 atom stereocenters. The molecule has 0 saturated heterocycles. The Labute approximate surface area is 309 Å². The predicted octanol–water partition coefficient (Wildman–Crippen LogP) is 11.1. The van der Waals surface area contributed by atoms with Crippen LogP contribution < -0.4 is 5.46 Å². The summed E-state index contributed by atoms with van der Waals surface area (Å²) < 4.78 is 1.00. The van der Waals surface area contributed by atoms with Gasteiger partial charge in [-0.2, -0.15) is 10.5 Å². The summed E-state index contributed by atoms with van der Waals surface area (Å²) in [4.78, 5) is 0. The van der Waals surface area contributed by atoms with Gasteiger partial charge in [0, 0.05) is 4.47 Å². The lowest BCUT2D eigenvalue weighted by atomic mass is 9.75. The van der Waals surface area contributed by atoms with E-state index in [9.17, 15) is 0 Å². The second kappa shape index (κ2) is 20.9. The zero-order chi connectivity index (χ0) is 35.7. The molecule has 0 spiro atoms. The van der Waals surface area contributed by atoms with Gasteiger partial charge in [0.1, 0.15) is 0 Å². The van der Waals surface area contributed by atoms with E-state index in [1.165, 1.54) is 99.3 Å². The lowest BCUT2D eigenvalue weighted by molar-refractivity contribution is 0.308. The summed E-state index contributed by atoms with van der Waals surface area (Å²) in [5.41, 5.74) is 7.26. The van der Waals surface area contributed by atoms with Gasteiger partial charge in [-0.3, -0.25) is 0 Å². The highest BCUT2D eigenvalue weighted by atomic mass is 79.9. The van der Waals surface area contributed by atoms with Crippen molar-refractivity contribution >= 4 is 28.5 Å². The van der Waals surface area contributed by atoms with Crippen LogP contribution in [0.15, 0.2) is 102 Å². The predicted molar refractivity (Wildman–Crippen MR) is 211 cm³/mol. The summed E-state index contributed by atoms with van der Waals surface area (Å²) in [6.45, 7) is 4.57. The van der Waals surface area contributed by atoms with Crippen LogP contribution in [0.1, 0.15) is 125 Å². The van der Waals surface area contributed by atoms with E-state index in [1.807, 2.05) is 54.6 Å². The molecule has 2 fully saturated rings. The van der Waals surface area contributed by atoms with Crippen LogP contribution in [-0.2, 0) is 0 Å². The van der Waals surface area contributed by atoms with Crippen molar-refractivity contribution in [2.24, 2.45) is 11.8 Å². The molecule has 0 aliphatic heterocycles. The molecule has 0 heterocycles. The lowest BCUT2D eigenvalue weighted by Crippen LogP contribution is -2.29. The first-order chi connectivity index (χ1) is 24.3. The highest BCUT2D eigenvalue weighted by Crippen LogP contribution is 2.38. The topological polar surface area (TPSA) is 88.0 Å². The van der Waals surface area contributed by atoms with E-state index in [2.05, 4.69) is 72.2 Å². The third-order valence-corrected chi connectivity index (χ3v) is 11.0. The molecule has 4 aromatic rings. The van der Waals surface area contributed by atoms with E-state index in [0.29, 0.717) is 22.5 Å².